The third-order valence-corrected chi connectivity index (χ3v) is 2.90. The first-order valence-corrected chi connectivity index (χ1v) is 6.60. The van der Waals surface area contributed by atoms with Crippen molar-refractivity contribution in [3.05, 3.63) is 35.9 Å². The number of rotatable bonds is 8. The first-order chi connectivity index (χ1) is 9.80. The Morgan fingerprint density at radius 2 is 1.76 bits per heavy atom. The molecule has 1 aromatic rings. The number of aliphatic hydroxyl groups is 2. The van der Waals surface area contributed by atoms with Crippen LogP contribution >= 0.6 is 0 Å². The van der Waals surface area contributed by atoms with Gasteiger partial charge in [-0.1, -0.05) is 30.3 Å². The van der Waals surface area contributed by atoms with Gasteiger partial charge in [0.15, 0.2) is 6.10 Å². The lowest BCUT2D eigenvalue weighted by atomic mass is 10.1. The number of alkyl halides is 3. The second-order valence-electron chi connectivity index (χ2n) is 4.76. The maximum absolute atomic E-state index is 12.0. The van der Waals surface area contributed by atoms with Gasteiger partial charge in [-0.05, 0) is 12.5 Å². The van der Waals surface area contributed by atoms with E-state index >= 15 is 0 Å². The van der Waals surface area contributed by atoms with E-state index in [0.717, 1.165) is 5.56 Å². The van der Waals surface area contributed by atoms with Gasteiger partial charge in [0.1, 0.15) is 0 Å². The van der Waals surface area contributed by atoms with Crippen LogP contribution < -0.4 is 5.32 Å². The molecule has 0 spiro atoms. The van der Waals surface area contributed by atoms with E-state index in [1.807, 2.05) is 37.3 Å². The van der Waals surface area contributed by atoms with Crippen LogP contribution in [0.1, 0.15) is 18.6 Å². The predicted molar refractivity (Wildman–Crippen MR) is 71.7 cm³/mol. The third kappa shape index (κ3) is 6.90. The van der Waals surface area contributed by atoms with Gasteiger partial charge in [0.2, 0.25) is 0 Å². The molecule has 1 aromatic carbocycles. The van der Waals surface area contributed by atoms with Crippen LogP contribution in [-0.2, 0) is 4.74 Å². The molecule has 0 radical (unpaired) electrons. The van der Waals surface area contributed by atoms with E-state index in [1.165, 1.54) is 0 Å². The molecule has 3 N–H and O–H groups in total. The van der Waals surface area contributed by atoms with Gasteiger partial charge in [-0.2, -0.15) is 13.2 Å². The van der Waals surface area contributed by atoms with Crippen LogP contribution in [0.2, 0.25) is 0 Å². The summed E-state index contributed by atoms with van der Waals surface area (Å²) in [5.41, 5.74) is 0.949. The molecule has 0 amide bonds. The van der Waals surface area contributed by atoms with Crippen molar-refractivity contribution in [2.45, 2.75) is 31.4 Å². The highest BCUT2D eigenvalue weighted by Crippen LogP contribution is 2.19. The SMILES string of the molecule is CC(OCC(O)CNCC(O)C(F)(F)F)c1ccccc1. The maximum atomic E-state index is 12.0. The van der Waals surface area contributed by atoms with Crippen molar-refractivity contribution in [2.75, 3.05) is 19.7 Å². The highest BCUT2D eigenvalue weighted by molar-refractivity contribution is 5.16. The summed E-state index contributed by atoms with van der Waals surface area (Å²) in [7, 11) is 0. The van der Waals surface area contributed by atoms with Crippen molar-refractivity contribution in [2.24, 2.45) is 0 Å². The van der Waals surface area contributed by atoms with Crippen molar-refractivity contribution >= 4 is 0 Å². The molecule has 21 heavy (non-hydrogen) atoms. The number of aliphatic hydroxyl groups excluding tert-OH is 2. The van der Waals surface area contributed by atoms with Gasteiger partial charge in [-0.15, -0.1) is 0 Å². The second kappa shape index (κ2) is 8.33. The molecular weight excluding hydrogens is 287 g/mol. The molecule has 0 aliphatic rings. The van der Waals surface area contributed by atoms with E-state index in [9.17, 15) is 18.3 Å². The molecule has 3 unspecified atom stereocenters. The fourth-order valence-corrected chi connectivity index (χ4v) is 1.64. The Labute approximate surface area is 121 Å². The molecule has 0 heterocycles. The number of halogens is 3. The average molecular weight is 307 g/mol. The molecule has 3 atom stereocenters. The van der Waals surface area contributed by atoms with E-state index in [0.29, 0.717) is 0 Å². The van der Waals surface area contributed by atoms with Crippen molar-refractivity contribution < 1.29 is 28.1 Å². The quantitative estimate of drug-likeness (QED) is 0.683. The molecule has 0 bridgehead atoms. The largest absolute Gasteiger partial charge is 0.415 e. The number of hydrogen-bond donors (Lipinski definition) is 3. The Balaban J connectivity index is 2.21. The van der Waals surface area contributed by atoms with Gasteiger partial charge < -0.3 is 20.3 Å². The van der Waals surface area contributed by atoms with Crippen LogP contribution in [-0.4, -0.2) is 48.3 Å². The summed E-state index contributed by atoms with van der Waals surface area (Å²) in [6, 6.07) is 9.38. The minimum atomic E-state index is -4.66. The number of ether oxygens (including phenoxy) is 1. The van der Waals surface area contributed by atoms with Gasteiger partial charge >= 0.3 is 6.18 Å². The lowest BCUT2D eigenvalue weighted by molar-refractivity contribution is -0.202. The molecule has 120 valence electrons. The Hall–Kier alpha value is -1.15. The minimum Gasteiger partial charge on any atom is -0.389 e. The summed E-state index contributed by atoms with van der Waals surface area (Å²) >= 11 is 0. The highest BCUT2D eigenvalue weighted by atomic mass is 19.4. The first-order valence-electron chi connectivity index (χ1n) is 6.60. The lowest BCUT2D eigenvalue weighted by Gasteiger charge is -2.19. The molecule has 0 aliphatic heterocycles. The number of nitrogens with one attached hydrogen (secondary N) is 1. The predicted octanol–water partition coefficient (Wildman–Crippen LogP) is 1.64. The van der Waals surface area contributed by atoms with Gasteiger partial charge in [-0.25, -0.2) is 0 Å². The van der Waals surface area contributed by atoms with Crippen LogP contribution in [0.5, 0.6) is 0 Å². The minimum absolute atomic E-state index is 0.00876. The summed E-state index contributed by atoms with van der Waals surface area (Å²) in [6.45, 7) is 1.07. The first kappa shape index (κ1) is 17.9. The van der Waals surface area contributed by atoms with Crippen LogP contribution in [0.3, 0.4) is 0 Å². The third-order valence-electron chi connectivity index (χ3n) is 2.90. The molecule has 1 rings (SSSR count). The monoisotopic (exact) mass is 307 g/mol. The summed E-state index contributed by atoms with van der Waals surface area (Å²) < 4.78 is 41.6. The molecule has 0 saturated heterocycles. The standard InChI is InChI=1S/C14H20F3NO3/c1-10(11-5-3-2-4-6-11)21-9-12(19)7-18-8-13(20)14(15,16)17/h2-6,10,12-13,18-20H,7-9H2,1H3. The van der Waals surface area contributed by atoms with Gasteiger partial charge in [0.05, 0.1) is 18.8 Å². The second-order valence-corrected chi connectivity index (χ2v) is 4.76. The molecule has 0 saturated carbocycles. The number of benzene rings is 1. The van der Waals surface area contributed by atoms with Crippen LogP contribution in [0, 0.1) is 0 Å². The van der Waals surface area contributed by atoms with E-state index in [4.69, 9.17) is 9.84 Å². The van der Waals surface area contributed by atoms with E-state index in [1.54, 1.807) is 0 Å². The van der Waals surface area contributed by atoms with E-state index in [-0.39, 0.29) is 19.3 Å². The topological polar surface area (TPSA) is 61.7 Å². The fourth-order valence-electron chi connectivity index (χ4n) is 1.64. The summed E-state index contributed by atoms with van der Waals surface area (Å²) in [6.07, 6.45) is -8.26. The highest BCUT2D eigenvalue weighted by Gasteiger charge is 2.37. The normalized spacial score (nSPS) is 16.5. The van der Waals surface area contributed by atoms with E-state index in [2.05, 4.69) is 5.32 Å². The summed E-state index contributed by atoms with van der Waals surface area (Å²) in [4.78, 5) is 0. The smallest absolute Gasteiger partial charge is 0.389 e. The van der Waals surface area contributed by atoms with Crippen molar-refractivity contribution in [1.29, 1.82) is 0 Å². The number of hydrogen-bond acceptors (Lipinski definition) is 4. The van der Waals surface area contributed by atoms with Crippen LogP contribution in [0.4, 0.5) is 13.2 Å². The summed E-state index contributed by atoms with van der Waals surface area (Å²) in [5.74, 6) is 0. The zero-order valence-electron chi connectivity index (χ0n) is 11.7. The molecular formula is C14H20F3NO3. The Morgan fingerprint density at radius 3 is 2.33 bits per heavy atom. The summed E-state index contributed by atoms with van der Waals surface area (Å²) in [5, 5.41) is 20.7. The Kier molecular flexibility index (Phi) is 7.10. The van der Waals surface area contributed by atoms with Crippen LogP contribution in [0.15, 0.2) is 30.3 Å². The van der Waals surface area contributed by atoms with Crippen molar-refractivity contribution in [3.63, 3.8) is 0 Å². The van der Waals surface area contributed by atoms with Crippen molar-refractivity contribution in [1.82, 2.24) is 5.32 Å². The van der Waals surface area contributed by atoms with E-state index < -0.39 is 24.9 Å². The van der Waals surface area contributed by atoms with Crippen LogP contribution in [0.25, 0.3) is 0 Å². The molecule has 0 fully saturated rings. The van der Waals surface area contributed by atoms with Crippen molar-refractivity contribution in [3.8, 4) is 0 Å². The molecule has 7 heteroatoms. The Bertz CT molecular complexity index is 400. The zero-order valence-corrected chi connectivity index (χ0v) is 11.7. The fraction of sp³-hybridized carbons (Fsp3) is 0.571. The molecule has 0 aromatic heterocycles. The Morgan fingerprint density at radius 1 is 1.14 bits per heavy atom. The zero-order chi connectivity index (χ0) is 15.9. The van der Waals surface area contributed by atoms with Gasteiger partial charge in [0, 0.05) is 13.1 Å². The van der Waals surface area contributed by atoms with Gasteiger partial charge in [0.25, 0.3) is 0 Å². The van der Waals surface area contributed by atoms with Gasteiger partial charge in [-0.3, -0.25) is 0 Å². The lowest BCUT2D eigenvalue weighted by Crippen LogP contribution is -2.41. The molecule has 0 aliphatic carbocycles. The molecule has 4 nitrogen and oxygen atoms in total. The average Bonchev–Trinajstić information content (AvgIpc) is 2.44. The maximum Gasteiger partial charge on any atom is 0.415 e.